The van der Waals surface area contributed by atoms with Gasteiger partial charge < -0.3 is 0 Å². The third-order valence-electron chi connectivity index (χ3n) is 2.10. The first-order valence-corrected chi connectivity index (χ1v) is 7.37. The Morgan fingerprint density at radius 1 is 1.62 bits per heavy atom. The number of carbonyl (C=O) groups is 1. The third-order valence-corrected chi connectivity index (χ3v) is 3.56. The molecule has 4 nitrogen and oxygen atoms in total. The van der Waals surface area contributed by atoms with E-state index in [-0.39, 0.29) is 5.97 Å². The zero-order chi connectivity index (χ0) is 12.6. The first-order valence-electron chi connectivity index (χ1n) is 5.12. The van der Waals surface area contributed by atoms with Gasteiger partial charge in [0, 0.05) is 0 Å². The quantitative estimate of drug-likeness (QED) is 0.486. The fraction of sp³-hybridized carbons (Fsp3) is 0.800. The van der Waals surface area contributed by atoms with E-state index in [2.05, 4.69) is 20.9 Å². The van der Waals surface area contributed by atoms with Crippen LogP contribution in [0.3, 0.4) is 0 Å². The number of hydrogen-bond donors (Lipinski definition) is 2. The third kappa shape index (κ3) is 5.89. The first-order chi connectivity index (χ1) is 7.56. The molecule has 94 valence electrons. The summed E-state index contributed by atoms with van der Waals surface area (Å²) in [6.45, 7) is 1.87. The first kappa shape index (κ1) is 16.0. The Kier molecular flexibility index (Phi) is 9.03. The molecule has 0 aromatic rings. The molecule has 6 heteroatoms. The summed E-state index contributed by atoms with van der Waals surface area (Å²) in [6, 6.07) is -0.394. The molecule has 0 spiro atoms. The van der Waals surface area contributed by atoms with E-state index in [1.54, 1.807) is 11.8 Å². The molecule has 0 aromatic heterocycles. The molecule has 0 heterocycles. The molecule has 0 amide bonds. The van der Waals surface area contributed by atoms with E-state index < -0.39 is 12.1 Å². The molecule has 1 unspecified atom stereocenters. The van der Waals surface area contributed by atoms with E-state index in [4.69, 9.17) is 4.74 Å². The van der Waals surface area contributed by atoms with Crippen molar-refractivity contribution in [3.63, 3.8) is 0 Å². The molecule has 0 bridgehead atoms. The van der Waals surface area contributed by atoms with Crippen molar-refractivity contribution in [3.8, 4) is 0 Å². The predicted octanol–water partition coefficient (Wildman–Crippen LogP) is -0.0600. The van der Waals surface area contributed by atoms with Gasteiger partial charge >= 0.3 is 109 Å². The monoisotopic (exact) mass is 313 g/mol. The van der Waals surface area contributed by atoms with Crippen molar-refractivity contribution in [2.24, 2.45) is 0 Å². The molecule has 0 fully saturated rings. The molecular weight excluding hydrogens is 293 g/mol. The van der Waals surface area contributed by atoms with Crippen LogP contribution >= 0.6 is 11.8 Å². The molecule has 0 radical (unpaired) electrons. The number of hydrogen-bond acceptors (Lipinski definition) is 5. The molecule has 0 saturated carbocycles. The summed E-state index contributed by atoms with van der Waals surface area (Å²) in [6.07, 6.45) is 2.69. The van der Waals surface area contributed by atoms with E-state index in [1.165, 1.54) is 7.11 Å². The average molecular weight is 312 g/mol. The van der Waals surface area contributed by atoms with Gasteiger partial charge in [-0.2, -0.15) is 0 Å². The normalized spacial score (nSPS) is 14.0. The molecule has 0 aliphatic heterocycles. The summed E-state index contributed by atoms with van der Waals surface area (Å²) < 4.78 is 5.30. The van der Waals surface area contributed by atoms with Gasteiger partial charge in [-0.3, -0.25) is 0 Å². The fourth-order valence-electron chi connectivity index (χ4n) is 1.08. The molecule has 0 aromatic carbocycles. The van der Waals surface area contributed by atoms with Crippen LogP contribution in [0.15, 0.2) is 0 Å². The van der Waals surface area contributed by atoms with Crippen molar-refractivity contribution in [2.75, 3.05) is 19.1 Å². The van der Waals surface area contributed by atoms with Gasteiger partial charge in [-0.05, 0) is 0 Å². The molecular formula is C10H19NO3SSe. The number of nitrogens with one attached hydrogen (secondary N) is 1. The van der Waals surface area contributed by atoms with E-state index in [1.807, 2.05) is 13.2 Å². The molecule has 2 atom stereocenters. The Labute approximate surface area is 109 Å². The van der Waals surface area contributed by atoms with Crippen LogP contribution in [0.5, 0.6) is 0 Å². The number of esters is 1. The van der Waals surface area contributed by atoms with Crippen LogP contribution in [0, 0.1) is 0 Å². The van der Waals surface area contributed by atoms with Crippen LogP contribution in [-0.4, -0.2) is 62.5 Å². The van der Waals surface area contributed by atoms with Gasteiger partial charge in [0.1, 0.15) is 0 Å². The van der Waals surface area contributed by atoms with Crippen molar-refractivity contribution in [1.82, 2.24) is 5.32 Å². The number of rotatable bonds is 8. The summed E-state index contributed by atoms with van der Waals surface area (Å²) in [7, 11) is 1.37. The van der Waals surface area contributed by atoms with Crippen LogP contribution in [0.4, 0.5) is 0 Å². The van der Waals surface area contributed by atoms with E-state index in [9.17, 15) is 9.90 Å². The Bertz CT molecular complexity index is 238. The van der Waals surface area contributed by atoms with Crippen molar-refractivity contribution >= 4 is 37.8 Å². The summed E-state index contributed by atoms with van der Waals surface area (Å²) in [5.74, 6) is 0.563. The van der Waals surface area contributed by atoms with Gasteiger partial charge in [0.25, 0.3) is 0 Å². The zero-order valence-electron chi connectivity index (χ0n) is 9.86. The molecule has 0 saturated heterocycles. The second-order valence-corrected chi connectivity index (χ2v) is 5.20. The second-order valence-electron chi connectivity index (χ2n) is 3.29. The zero-order valence-corrected chi connectivity index (χ0v) is 12.4. The minimum atomic E-state index is -0.568. The topological polar surface area (TPSA) is 58.6 Å². The van der Waals surface area contributed by atoms with E-state index in [0.29, 0.717) is 17.4 Å². The van der Waals surface area contributed by atoms with Gasteiger partial charge in [0.05, 0.1) is 0 Å². The van der Waals surface area contributed by atoms with Crippen LogP contribution in [0.1, 0.15) is 19.8 Å². The second kappa shape index (κ2) is 9.05. The van der Waals surface area contributed by atoms with Gasteiger partial charge in [-0.25, -0.2) is 0 Å². The number of aliphatic hydroxyl groups is 1. The fourth-order valence-corrected chi connectivity index (χ4v) is 2.20. The predicted molar refractivity (Wildman–Crippen MR) is 69.0 cm³/mol. The van der Waals surface area contributed by atoms with E-state index in [0.717, 1.165) is 5.75 Å². The maximum atomic E-state index is 11.5. The standard InChI is InChI=1S/C10H19NO3SSe/c1-4-8(12)9(16)11-7(5-6-15-3)10(13)14-2/h7-8,12H,4-6H2,1-3H3,(H,11,16)/t7-,8?/m0/s1. The summed E-state index contributed by atoms with van der Waals surface area (Å²) in [5.41, 5.74) is 0. The van der Waals surface area contributed by atoms with Crippen molar-refractivity contribution < 1.29 is 14.6 Å². The number of ether oxygens (including phenoxy) is 1. The van der Waals surface area contributed by atoms with Crippen molar-refractivity contribution in [3.05, 3.63) is 0 Å². The number of thioether (sulfide) groups is 1. The van der Waals surface area contributed by atoms with Crippen molar-refractivity contribution in [2.45, 2.75) is 31.9 Å². The minimum absolute atomic E-state index is 0.301. The van der Waals surface area contributed by atoms with Gasteiger partial charge in [-0.15, -0.1) is 0 Å². The summed E-state index contributed by atoms with van der Waals surface area (Å²) in [4.78, 5) is 11.5. The number of aliphatic hydroxyl groups excluding tert-OH is 1. The van der Waals surface area contributed by atoms with Crippen LogP contribution < -0.4 is 5.32 Å². The van der Waals surface area contributed by atoms with Gasteiger partial charge in [0.2, 0.25) is 0 Å². The molecule has 16 heavy (non-hydrogen) atoms. The average Bonchev–Trinajstić information content (AvgIpc) is 2.31. The van der Waals surface area contributed by atoms with Crippen LogP contribution in [0.2, 0.25) is 0 Å². The van der Waals surface area contributed by atoms with Crippen LogP contribution in [-0.2, 0) is 9.53 Å². The summed E-state index contributed by atoms with van der Waals surface area (Å²) >= 11 is 4.42. The Morgan fingerprint density at radius 2 is 2.25 bits per heavy atom. The van der Waals surface area contributed by atoms with Crippen molar-refractivity contribution in [1.29, 1.82) is 0 Å². The van der Waals surface area contributed by atoms with Gasteiger partial charge in [0.15, 0.2) is 0 Å². The van der Waals surface area contributed by atoms with Crippen LogP contribution in [0.25, 0.3) is 0 Å². The Morgan fingerprint density at radius 3 is 2.69 bits per heavy atom. The molecule has 0 aliphatic carbocycles. The SMILES string of the molecule is CCC(O)C(=[Se])N[C@@H](CCSC)C(=O)OC. The maximum absolute atomic E-state index is 11.5. The molecule has 0 aliphatic rings. The molecule has 2 N–H and O–H groups in total. The van der Waals surface area contributed by atoms with Gasteiger partial charge in [-0.1, -0.05) is 0 Å². The molecule has 0 rings (SSSR count). The number of carbonyl (C=O) groups excluding carboxylic acids is 1. The van der Waals surface area contributed by atoms with E-state index >= 15 is 0 Å². The Balaban J connectivity index is 4.30. The number of methoxy groups -OCH3 is 1. The summed E-state index contributed by atoms with van der Waals surface area (Å²) in [5, 5.41) is 12.5. The Hall–Kier alpha value is -0.0305.